The van der Waals surface area contributed by atoms with E-state index in [0.717, 1.165) is 21.4 Å². The highest BCUT2D eigenvalue weighted by Crippen LogP contribution is 2.31. The van der Waals surface area contributed by atoms with Crippen molar-refractivity contribution in [2.75, 3.05) is 11.4 Å². The number of carbonyl (C=O) groups excluding carboxylic acids is 1. The SMILES string of the molecule is CC(C)CN1C(=O)C(=Nc2ccc(Br)cc2)c2ccccc21. The van der Waals surface area contributed by atoms with Gasteiger partial charge in [0.05, 0.1) is 11.4 Å². The van der Waals surface area contributed by atoms with E-state index in [-0.39, 0.29) is 5.91 Å². The van der Waals surface area contributed by atoms with Gasteiger partial charge < -0.3 is 4.90 Å². The van der Waals surface area contributed by atoms with Crippen LogP contribution in [0.25, 0.3) is 0 Å². The Balaban J connectivity index is 2.05. The van der Waals surface area contributed by atoms with Gasteiger partial charge in [-0.2, -0.15) is 0 Å². The molecular weight excluding hydrogens is 340 g/mol. The first-order valence-electron chi connectivity index (χ1n) is 7.32. The molecule has 0 saturated carbocycles. The van der Waals surface area contributed by atoms with Crippen LogP contribution in [0.5, 0.6) is 0 Å². The first-order valence-corrected chi connectivity index (χ1v) is 8.11. The molecule has 0 aliphatic carbocycles. The van der Waals surface area contributed by atoms with Gasteiger partial charge in [-0.25, -0.2) is 4.99 Å². The van der Waals surface area contributed by atoms with Crippen molar-refractivity contribution in [2.45, 2.75) is 13.8 Å². The number of anilines is 1. The molecule has 2 aromatic rings. The molecule has 0 spiro atoms. The van der Waals surface area contributed by atoms with E-state index < -0.39 is 0 Å². The average molecular weight is 357 g/mol. The second-order valence-corrected chi connectivity index (χ2v) is 6.68. The zero-order chi connectivity index (χ0) is 15.7. The maximum atomic E-state index is 12.8. The molecule has 1 aliphatic heterocycles. The van der Waals surface area contributed by atoms with Crippen molar-refractivity contribution in [3.8, 4) is 0 Å². The van der Waals surface area contributed by atoms with Crippen molar-refractivity contribution in [2.24, 2.45) is 10.9 Å². The molecule has 112 valence electrons. The van der Waals surface area contributed by atoms with Gasteiger partial charge in [0.1, 0.15) is 5.71 Å². The van der Waals surface area contributed by atoms with Gasteiger partial charge in [-0.3, -0.25) is 4.79 Å². The van der Waals surface area contributed by atoms with Gasteiger partial charge in [-0.05, 0) is 36.2 Å². The Kier molecular flexibility index (Phi) is 4.12. The number of amides is 1. The molecule has 3 rings (SSSR count). The summed E-state index contributed by atoms with van der Waals surface area (Å²) in [5, 5.41) is 0. The molecule has 1 aliphatic rings. The molecule has 0 bridgehead atoms. The van der Waals surface area contributed by atoms with E-state index in [0.29, 0.717) is 18.2 Å². The van der Waals surface area contributed by atoms with Crippen LogP contribution in [0.3, 0.4) is 0 Å². The fourth-order valence-corrected chi connectivity index (χ4v) is 2.83. The van der Waals surface area contributed by atoms with E-state index >= 15 is 0 Å². The van der Waals surface area contributed by atoms with Crippen LogP contribution >= 0.6 is 15.9 Å². The van der Waals surface area contributed by atoms with E-state index in [1.54, 1.807) is 0 Å². The molecular formula is C18H17BrN2O. The number of hydrogen-bond donors (Lipinski definition) is 0. The number of fused-ring (bicyclic) bond motifs is 1. The van der Waals surface area contributed by atoms with Crippen molar-refractivity contribution >= 4 is 38.9 Å². The predicted molar refractivity (Wildman–Crippen MR) is 94.0 cm³/mol. The lowest BCUT2D eigenvalue weighted by Crippen LogP contribution is -2.33. The fourth-order valence-electron chi connectivity index (χ4n) is 2.56. The summed E-state index contributed by atoms with van der Waals surface area (Å²) in [5.74, 6) is 0.391. The molecule has 0 atom stereocenters. The van der Waals surface area contributed by atoms with E-state index in [1.807, 2.05) is 53.4 Å². The number of halogens is 1. The molecule has 0 N–H and O–H groups in total. The maximum absolute atomic E-state index is 12.8. The molecule has 22 heavy (non-hydrogen) atoms. The third-order valence-electron chi connectivity index (χ3n) is 3.51. The zero-order valence-corrected chi connectivity index (χ0v) is 14.2. The quantitative estimate of drug-likeness (QED) is 0.792. The third kappa shape index (κ3) is 2.83. The highest BCUT2D eigenvalue weighted by molar-refractivity contribution is 9.10. The Morgan fingerprint density at radius 3 is 2.45 bits per heavy atom. The lowest BCUT2D eigenvalue weighted by molar-refractivity contribution is -0.112. The van der Waals surface area contributed by atoms with Crippen molar-refractivity contribution < 1.29 is 4.79 Å². The number of benzene rings is 2. The first kappa shape index (κ1) is 15.0. The second kappa shape index (κ2) is 6.05. The van der Waals surface area contributed by atoms with Gasteiger partial charge in [0.2, 0.25) is 0 Å². The van der Waals surface area contributed by atoms with E-state index in [4.69, 9.17) is 0 Å². The normalized spacial score (nSPS) is 15.7. The molecule has 0 unspecified atom stereocenters. The van der Waals surface area contributed by atoms with Gasteiger partial charge in [0.25, 0.3) is 5.91 Å². The summed E-state index contributed by atoms with van der Waals surface area (Å²) in [6.45, 7) is 4.93. The van der Waals surface area contributed by atoms with Crippen LogP contribution in [0.15, 0.2) is 58.0 Å². The topological polar surface area (TPSA) is 32.7 Å². The summed E-state index contributed by atoms with van der Waals surface area (Å²) in [5.41, 5.74) is 3.18. The predicted octanol–water partition coefficient (Wildman–Crippen LogP) is 4.57. The molecule has 0 saturated heterocycles. The lowest BCUT2D eigenvalue weighted by atomic mass is 10.1. The third-order valence-corrected chi connectivity index (χ3v) is 4.04. The van der Waals surface area contributed by atoms with Crippen molar-refractivity contribution in [1.82, 2.24) is 0 Å². The Labute approximate surface area is 138 Å². The summed E-state index contributed by atoms with van der Waals surface area (Å²) in [4.78, 5) is 19.2. The smallest absolute Gasteiger partial charge is 0.277 e. The number of aliphatic imine (C=N–C) groups is 1. The Bertz CT molecular complexity index is 735. The molecule has 3 nitrogen and oxygen atoms in total. The van der Waals surface area contributed by atoms with Crippen LogP contribution in [0.2, 0.25) is 0 Å². The highest BCUT2D eigenvalue weighted by Gasteiger charge is 2.33. The van der Waals surface area contributed by atoms with Gasteiger partial charge in [-0.1, -0.05) is 48.0 Å². The molecule has 4 heteroatoms. The lowest BCUT2D eigenvalue weighted by Gasteiger charge is -2.18. The van der Waals surface area contributed by atoms with E-state index in [1.165, 1.54) is 0 Å². The van der Waals surface area contributed by atoms with Gasteiger partial charge in [0, 0.05) is 16.6 Å². The number of hydrogen-bond acceptors (Lipinski definition) is 2. The summed E-state index contributed by atoms with van der Waals surface area (Å²) in [6.07, 6.45) is 0. The largest absolute Gasteiger partial charge is 0.306 e. The molecule has 0 aromatic heterocycles. The molecule has 0 radical (unpaired) electrons. The van der Waals surface area contributed by atoms with Crippen LogP contribution in [0.1, 0.15) is 19.4 Å². The van der Waals surface area contributed by atoms with Crippen molar-refractivity contribution in [3.05, 3.63) is 58.6 Å². The Morgan fingerprint density at radius 2 is 1.77 bits per heavy atom. The molecule has 1 heterocycles. The van der Waals surface area contributed by atoms with E-state index in [9.17, 15) is 4.79 Å². The highest BCUT2D eigenvalue weighted by atomic mass is 79.9. The summed E-state index contributed by atoms with van der Waals surface area (Å²) >= 11 is 3.41. The van der Waals surface area contributed by atoms with Crippen molar-refractivity contribution in [3.63, 3.8) is 0 Å². The van der Waals surface area contributed by atoms with Crippen LogP contribution in [0, 0.1) is 5.92 Å². The summed E-state index contributed by atoms with van der Waals surface area (Å²) in [7, 11) is 0. The van der Waals surface area contributed by atoms with E-state index in [2.05, 4.69) is 34.8 Å². The number of para-hydroxylation sites is 1. The Morgan fingerprint density at radius 1 is 1.09 bits per heavy atom. The minimum atomic E-state index is -0.0159. The molecule has 2 aromatic carbocycles. The minimum absolute atomic E-state index is 0.0159. The van der Waals surface area contributed by atoms with Gasteiger partial charge in [-0.15, -0.1) is 0 Å². The fraction of sp³-hybridized carbons (Fsp3) is 0.222. The average Bonchev–Trinajstić information content (AvgIpc) is 2.75. The number of rotatable bonds is 3. The molecule has 1 amide bonds. The van der Waals surface area contributed by atoms with Gasteiger partial charge in [0.15, 0.2) is 0 Å². The minimum Gasteiger partial charge on any atom is -0.306 e. The maximum Gasteiger partial charge on any atom is 0.277 e. The number of nitrogens with zero attached hydrogens (tertiary/aromatic N) is 2. The monoisotopic (exact) mass is 356 g/mol. The second-order valence-electron chi connectivity index (χ2n) is 5.76. The Hall–Kier alpha value is -1.94. The zero-order valence-electron chi connectivity index (χ0n) is 12.6. The van der Waals surface area contributed by atoms with Crippen LogP contribution in [-0.4, -0.2) is 18.2 Å². The molecule has 0 fully saturated rings. The van der Waals surface area contributed by atoms with Crippen LogP contribution in [0.4, 0.5) is 11.4 Å². The first-order chi connectivity index (χ1) is 10.6. The van der Waals surface area contributed by atoms with Crippen LogP contribution in [-0.2, 0) is 4.79 Å². The summed E-state index contributed by atoms with van der Waals surface area (Å²) < 4.78 is 0.996. The summed E-state index contributed by atoms with van der Waals surface area (Å²) in [6, 6.07) is 15.5. The van der Waals surface area contributed by atoms with Crippen LogP contribution < -0.4 is 4.90 Å². The van der Waals surface area contributed by atoms with Gasteiger partial charge >= 0.3 is 0 Å². The van der Waals surface area contributed by atoms with Crippen molar-refractivity contribution in [1.29, 1.82) is 0 Å². The number of carbonyl (C=O) groups is 1. The standard InChI is InChI=1S/C18H17BrN2O/c1-12(2)11-21-16-6-4-3-5-15(16)17(18(21)22)20-14-9-7-13(19)8-10-14/h3-10,12H,11H2,1-2H3.